The Hall–Kier alpha value is -3.65. The number of nitrogens with zero attached hydrogens (tertiary/aromatic N) is 1. The monoisotopic (exact) mass is 618 g/mol. The van der Waals surface area contributed by atoms with Crippen LogP contribution in [0.15, 0.2) is 12.7 Å². The lowest BCUT2D eigenvalue weighted by Crippen LogP contribution is -2.60. The fourth-order valence-electron chi connectivity index (χ4n) is 4.50. The number of ketones is 1. The summed E-state index contributed by atoms with van der Waals surface area (Å²) in [6.45, 7) is 13.5. The summed E-state index contributed by atoms with van der Waals surface area (Å²) in [5.41, 5.74) is -0.853. The molecule has 0 aromatic rings. The van der Waals surface area contributed by atoms with E-state index >= 15 is 0 Å². The van der Waals surface area contributed by atoms with Crippen molar-refractivity contribution in [2.45, 2.75) is 97.6 Å². The summed E-state index contributed by atoms with van der Waals surface area (Å²) in [4.78, 5) is 77.9. The number of urea groups is 1. The number of nitrogens with one attached hydrogen (secondary N) is 5. The molecule has 1 rings (SSSR count). The van der Waals surface area contributed by atoms with Crippen molar-refractivity contribution in [2.24, 2.45) is 11.3 Å². The molecule has 0 saturated carbocycles. The van der Waals surface area contributed by atoms with Crippen LogP contribution >= 0.6 is 0 Å². The first-order valence-electron chi connectivity index (χ1n) is 14.2. The number of likely N-dealkylation sites (tertiary alicyclic amines) is 1. The van der Waals surface area contributed by atoms with E-state index in [0.717, 1.165) is 0 Å². The molecule has 3 unspecified atom stereocenters. The molecule has 1 heterocycles. The highest BCUT2D eigenvalue weighted by Crippen LogP contribution is 2.30. The summed E-state index contributed by atoms with van der Waals surface area (Å²) in [6, 6.07) is -5.03. The lowest BCUT2D eigenvalue weighted by molar-refractivity contribution is -0.147. The lowest BCUT2D eigenvalue weighted by atomic mass is 9.85. The fraction of sp³-hybridized carbons (Fsp3) is 0.714. The minimum absolute atomic E-state index is 0.106. The van der Waals surface area contributed by atoms with E-state index in [4.69, 9.17) is 0 Å². The molecule has 1 aliphatic heterocycles. The molecule has 0 spiro atoms. The summed E-state index contributed by atoms with van der Waals surface area (Å²) in [7, 11) is 0. The van der Waals surface area contributed by atoms with Gasteiger partial charge in [0.05, 0.1) is 12.6 Å². The van der Waals surface area contributed by atoms with E-state index in [1.807, 2.05) is 6.92 Å². The first-order chi connectivity index (χ1) is 19.8. The number of halogens is 3. The minimum Gasteiger partial charge on any atom is -0.352 e. The lowest BCUT2D eigenvalue weighted by Gasteiger charge is -2.35. The number of carbonyl (C=O) groups is 6. The maximum Gasteiger partial charge on any atom is 0.389 e. The van der Waals surface area contributed by atoms with Gasteiger partial charge in [0.2, 0.25) is 23.5 Å². The summed E-state index contributed by atoms with van der Waals surface area (Å²) >= 11 is 0. The van der Waals surface area contributed by atoms with E-state index in [9.17, 15) is 41.9 Å². The maximum absolute atomic E-state index is 13.8. The fourth-order valence-corrected chi connectivity index (χ4v) is 4.50. The molecule has 0 aliphatic carbocycles. The summed E-state index contributed by atoms with van der Waals surface area (Å²) in [6.07, 6.45) is -4.93. The number of hydrogen-bond acceptors (Lipinski definition) is 6. The molecule has 43 heavy (non-hydrogen) atoms. The molecular weight excluding hydrogens is 573 g/mol. The van der Waals surface area contributed by atoms with Crippen molar-refractivity contribution in [3.05, 3.63) is 12.7 Å². The molecule has 0 bridgehead atoms. The SMILES string of the molecule is C=CCNC(=O)C(=O)C(CCC(F)(F)F)NC(=O)[C@@H]1CC(CC)CN1C(=O)C(NC(=O)NCC(=O)NC(C)C)C(C)(C)C. The Kier molecular flexibility index (Phi) is 14.1. The smallest absolute Gasteiger partial charge is 0.352 e. The zero-order chi connectivity index (χ0) is 33.1. The quantitative estimate of drug-likeness (QED) is 0.146. The van der Waals surface area contributed by atoms with E-state index in [1.165, 1.54) is 11.0 Å². The van der Waals surface area contributed by atoms with Gasteiger partial charge in [-0.2, -0.15) is 13.2 Å². The summed E-state index contributed by atoms with van der Waals surface area (Å²) in [5.74, 6) is -4.51. The van der Waals surface area contributed by atoms with E-state index < -0.39 is 78.0 Å². The van der Waals surface area contributed by atoms with Crippen LogP contribution in [0, 0.1) is 11.3 Å². The normalized spacial score (nSPS) is 18.3. The van der Waals surface area contributed by atoms with Crippen molar-refractivity contribution >= 4 is 35.4 Å². The predicted molar refractivity (Wildman–Crippen MR) is 152 cm³/mol. The van der Waals surface area contributed by atoms with Crippen LogP contribution in [-0.4, -0.2) is 90.3 Å². The predicted octanol–water partition coefficient (Wildman–Crippen LogP) is 1.55. The van der Waals surface area contributed by atoms with Gasteiger partial charge >= 0.3 is 12.2 Å². The zero-order valence-corrected chi connectivity index (χ0v) is 25.7. The highest BCUT2D eigenvalue weighted by atomic mass is 19.4. The van der Waals surface area contributed by atoms with Gasteiger partial charge in [0, 0.05) is 25.6 Å². The molecule has 5 N–H and O–H groups in total. The largest absolute Gasteiger partial charge is 0.389 e. The average molecular weight is 619 g/mol. The van der Waals surface area contributed by atoms with Crippen LogP contribution in [0.2, 0.25) is 0 Å². The molecule has 1 aliphatic rings. The number of hydrogen-bond donors (Lipinski definition) is 5. The Morgan fingerprint density at radius 3 is 2.14 bits per heavy atom. The Morgan fingerprint density at radius 1 is 1.00 bits per heavy atom. The van der Waals surface area contributed by atoms with Crippen LogP contribution in [0.4, 0.5) is 18.0 Å². The first-order valence-corrected chi connectivity index (χ1v) is 14.2. The van der Waals surface area contributed by atoms with Gasteiger partial charge in [-0.3, -0.25) is 24.0 Å². The summed E-state index contributed by atoms with van der Waals surface area (Å²) < 4.78 is 39.0. The molecule has 0 aromatic carbocycles. The van der Waals surface area contributed by atoms with Crippen molar-refractivity contribution < 1.29 is 41.9 Å². The Morgan fingerprint density at radius 2 is 1.63 bits per heavy atom. The highest BCUT2D eigenvalue weighted by molar-refractivity contribution is 6.38. The number of Topliss-reactive ketones (excluding diaryl/α,β-unsaturated/α-hetero) is 1. The first kappa shape index (κ1) is 37.4. The van der Waals surface area contributed by atoms with Crippen LogP contribution in [-0.2, 0) is 24.0 Å². The van der Waals surface area contributed by atoms with Crippen molar-refractivity contribution in [3.8, 4) is 0 Å². The number of alkyl halides is 3. The molecule has 6 amide bonds. The van der Waals surface area contributed by atoms with Gasteiger partial charge < -0.3 is 31.5 Å². The third-order valence-electron chi connectivity index (χ3n) is 6.78. The van der Waals surface area contributed by atoms with Gasteiger partial charge in [-0.1, -0.05) is 40.2 Å². The Bertz CT molecular complexity index is 1040. The second-order valence-electron chi connectivity index (χ2n) is 11.9. The number of amides is 6. The number of rotatable bonds is 14. The van der Waals surface area contributed by atoms with E-state index in [2.05, 4.69) is 33.2 Å². The topological polar surface area (TPSA) is 166 Å². The molecule has 0 radical (unpaired) electrons. The van der Waals surface area contributed by atoms with E-state index in [1.54, 1.807) is 34.6 Å². The third-order valence-corrected chi connectivity index (χ3v) is 6.78. The standard InChI is InChI=1S/C28H45F3N6O6/c1-8-12-32-24(41)21(39)18(10-11-28(29,30)31)35-23(40)19-13-17(9-2)15-37(19)25(42)22(27(5,6)7)36-26(43)33-14-20(38)34-16(3)4/h8,16-19,22H,1,9-15H2,2-7H3,(H,32,41)(H,34,38)(H,35,40)(H2,33,36,43)/t17?,18?,19-,22?/m0/s1. The molecule has 1 saturated heterocycles. The second kappa shape index (κ2) is 16.3. The van der Waals surface area contributed by atoms with Crippen LogP contribution in [0.25, 0.3) is 0 Å². The molecule has 12 nitrogen and oxygen atoms in total. The van der Waals surface area contributed by atoms with Gasteiger partial charge in [0.25, 0.3) is 5.91 Å². The highest BCUT2D eigenvalue weighted by Gasteiger charge is 2.45. The van der Waals surface area contributed by atoms with Crippen molar-refractivity contribution in [3.63, 3.8) is 0 Å². The molecule has 0 aromatic heterocycles. The van der Waals surface area contributed by atoms with Crippen molar-refractivity contribution in [2.75, 3.05) is 19.6 Å². The van der Waals surface area contributed by atoms with Crippen LogP contribution in [0.5, 0.6) is 0 Å². The second-order valence-corrected chi connectivity index (χ2v) is 11.9. The Labute approximate surface area is 250 Å². The summed E-state index contributed by atoms with van der Waals surface area (Å²) in [5, 5.41) is 12.1. The average Bonchev–Trinajstić information content (AvgIpc) is 3.34. The van der Waals surface area contributed by atoms with Gasteiger partial charge in [0.1, 0.15) is 12.1 Å². The molecule has 244 valence electrons. The molecule has 1 fully saturated rings. The van der Waals surface area contributed by atoms with Gasteiger partial charge in [-0.05, 0) is 38.0 Å². The van der Waals surface area contributed by atoms with Crippen molar-refractivity contribution in [1.82, 2.24) is 31.5 Å². The molecule has 15 heteroatoms. The van der Waals surface area contributed by atoms with Gasteiger partial charge in [-0.25, -0.2) is 4.79 Å². The van der Waals surface area contributed by atoms with E-state index in [-0.39, 0.29) is 38.0 Å². The van der Waals surface area contributed by atoms with Gasteiger partial charge in [0.15, 0.2) is 0 Å². The maximum atomic E-state index is 13.8. The van der Waals surface area contributed by atoms with Crippen molar-refractivity contribution in [1.29, 1.82) is 0 Å². The minimum atomic E-state index is -4.65. The van der Waals surface area contributed by atoms with Crippen LogP contribution in [0.3, 0.4) is 0 Å². The number of carbonyl (C=O) groups excluding carboxylic acids is 6. The van der Waals surface area contributed by atoms with Crippen LogP contribution < -0.4 is 26.6 Å². The van der Waals surface area contributed by atoms with Crippen LogP contribution in [0.1, 0.15) is 67.2 Å². The van der Waals surface area contributed by atoms with Gasteiger partial charge in [-0.15, -0.1) is 6.58 Å². The molecule has 4 atom stereocenters. The van der Waals surface area contributed by atoms with E-state index in [0.29, 0.717) is 6.42 Å². The zero-order valence-electron chi connectivity index (χ0n) is 25.7. The third kappa shape index (κ3) is 12.6. The Balaban J connectivity index is 3.19. The molecular formula is C28H45F3N6O6.